The summed E-state index contributed by atoms with van der Waals surface area (Å²) in [6.07, 6.45) is 1.30. The van der Waals surface area contributed by atoms with Crippen LogP contribution in [0.5, 0.6) is 5.75 Å². The summed E-state index contributed by atoms with van der Waals surface area (Å²) in [5.41, 5.74) is 2.43. The molecule has 0 aliphatic carbocycles. The number of carbonyl (C=O) groups excluding carboxylic acids is 1. The van der Waals surface area contributed by atoms with Crippen LogP contribution < -0.4 is 4.74 Å². The van der Waals surface area contributed by atoms with Crippen molar-refractivity contribution >= 4 is 17.4 Å². The number of aromatic nitrogens is 2. The fourth-order valence-electron chi connectivity index (χ4n) is 2.07. The third kappa shape index (κ3) is 3.45. The maximum atomic E-state index is 11.6. The van der Waals surface area contributed by atoms with Gasteiger partial charge in [-0.05, 0) is 30.7 Å². The van der Waals surface area contributed by atoms with Crippen LogP contribution in [-0.2, 0) is 20.1 Å². The number of aryl methyl sites for hydroxylation is 2. The molecule has 1 aromatic heterocycles. The van der Waals surface area contributed by atoms with Gasteiger partial charge in [0.25, 0.3) is 0 Å². The molecule has 0 atom stereocenters. The first-order valence-corrected chi connectivity index (χ1v) is 7.40. The van der Waals surface area contributed by atoms with E-state index in [0.29, 0.717) is 29.4 Å². The van der Waals surface area contributed by atoms with E-state index in [9.17, 15) is 4.79 Å². The molecule has 0 bridgehead atoms. The smallest absolute Gasteiger partial charge is 0.162 e. The lowest BCUT2D eigenvalue weighted by atomic mass is 10.1. The van der Waals surface area contributed by atoms with Crippen LogP contribution in [0.1, 0.15) is 42.0 Å². The second-order valence-corrected chi connectivity index (χ2v) is 5.15. The van der Waals surface area contributed by atoms with Crippen LogP contribution in [0.2, 0.25) is 5.02 Å². The number of ketones is 1. The summed E-state index contributed by atoms with van der Waals surface area (Å²) >= 11 is 6.27. The number of benzene rings is 1. The highest BCUT2D eigenvalue weighted by atomic mass is 35.5. The van der Waals surface area contributed by atoms with E-state index in [1.54, 1.807) is 28.9 Å². The Balaban J connectivity index is 2.06. The van der Waals surface area contributed by atoms with Crippen LogP contribution in [0.3, 0.4) is 0 Å². The first kappa shape index (κ1) is 15.6. The first-order chi connectivity index (χ1) is 10.1. The zero-order valence-corrected chi connectivity index (χ0v) is 13.3. The average molecular weight is 307 g/mol. The minimum atomic E-state index is 0.129. The van der Waals surface area contributed by atoms with Crippen molar-refractivity contribution in [3.63, 3.8) is 0 Å². The fourth-order valence-corrected chi connectivity index (χ4v) is 2.42. The molecule has 0 saturated carbocycles. The highest BCUT2D eigenvalue weighted by Crippen LogP contribution is 2.23. The minimum Gasteiger partial charge on any atom is -0.487 e. The SMILES string of the molecule is CCC(=O)c1ccc(OCc2c(Cl)c(CC)nn2C)cc1. The molecule has 0 saturated heterocycles. The van der Waals surface area contributed by atoms with E-state index in [1.807, 2.05) is 20.9 Å². The quantitative estimate of drug-likeness (QED) is 0.762. The van der Waals surface area contributed by atoms with Crippen LogP contribution >= 0.6 is 11.6 Å². The summed E-state index contributed by atoms with van der Waals surface area (Å²) in [6.45, 7) is 4.22. The van der Waals surface area contributed by atoms with Gasteiger partial charge in [-0.2, -0.15) is 5.10 Å². The Kier molecular flexibility index (Phi) is 5.02. The van der Waals surface area contributed by atoms with Crippen molar-refractivity contribution in [1.29, 1.82) is 0 Å². The van der Waals surface area contributed by atoms with Gasteiger partial charge in [-0.25, -0.2) is 0 Å². The Bertz CT molecular complexity index is 632. The van der Waals surface area contributed by atoms with Crippen molar-refractivity contribution in [2.24, 2.45) is 7.05 Å². The summed E-state index contributed by atoms with van der Waals surface area (Å²) in [5.74, 6) is 0.835. The fraction of sp³-hybridized carbons (Fsp3) is 0.375. The minimum absolute atomic E-state index is 0.129. The Morgan fingerprint density at radius 3 is 2.48 bits per heavy atom. The van der Waals surface area contributed by atoms with E-state index < -0.39 is 0 Å². The molecule has 5 heteroatoms. The molecule has 0 aliphatic heterocycles. The molecule has 0 aliphatic rings. The van der Waals surface area contributed by atoms with Gasteiger partial charge in [0.05, 0.1) is 16.4 Å². The van der Waals surface area contributed by atoms with Gasteiger partial charge in [0, 0.05) is 19.0 Å². The molecule has 0 N–H and O–H groups in total. The number of ether oxygens (including phenoxy) is 1. The standard InChI is InChI=1S/C16H19ClN2O2/c1-4-13-16(17)14(19(3)18-13)10-21-12-8-6-11(7-9-12)15(20)5-2/h6-9H,4-5,10H2,1-3H3. The van der Waals surface area contributed by atoms with Crippen molar-refractivity contribution < 1.29 is 9.53 Å². The van der Waals surface area contributed by atoms with Crippen LogP contribution in [-0.4, -0.2) is 15.6 Å². The second kappa shape index (κ2) is 6.76. The molecular formula is C16H19ClN2O2. The van der Waals surface area contributed by atoms with E-state index in [4.69, 9.17) is 16.3 Å². The van der Waals surface area contributed by atoms with E-state index in [0.717, 1.165) is 17.8 Å². The number of hydrogen-bond acceptors (Lipinski definition) is 3. The summed E-state index contributed by atoms with van der Waals surface area (Å²) in [6, 6.07) is 7.16. The number of rotatable bonds is 6. The normalized spacial score (nSPS) is 10.7. The second-order valence-electron chi connectivity index (χ2n) is 4.77. The van der Waals surface area contributed by atoms with Crippen LogP contribution in [0, 0.1) is 0 Å². The highest BCUT2D eigenvalue weighted by molar-refractivity contribution is 6.31. The number of nitrogens with zero attached hydrogens (tertiary/aromatic N) is 2. The maximum Gasteiger partial charge on any atom is 0.162 e. The molecule has 2 rings (SSSR count). The molecule has 2 aromatic rings. The van der Waals surface area contributed by atoms with Gasteiger partial charge in [0.1, 0.15) is 12.4 Å². The van der Waals surface area contributed by atoms with Crippen molar-refractivity contribution in [1.82, 2.24) is 9.78 Å². The maximum absolute atomic E-state index is 11.6. The average Bonchev–Trinajstić information content (AvgIpc) is 2.79. The Morgan fingerprint density at radius 1 is 1.29 bits per heavy atom. The predicted octanol–water partition coefficient (Wildman–Crippen LogP) is 3.81. The van der Waals surface area contributed by atoms with Crippen LogP contribution in [0.4, 0.5) is 0 Å². The zero-order valence-electron chi connectivity index (χ0n) is 12.5. The van der Waals surface area contributed by atoms with Gasteiger partial charge in [0.2, 0.25) is 0 Å². The van der Waals surface area contributed by atoms with Crippen LogP contribution in [0.25, 0.3) is 0 Å². The van der Waals surface area contributed by atoms with Crippen molar-refractivity contribution in [2.45, 2.75) is 33.3 Å². The lowest BCUT2D eigenvalue weighted by molar-refractivity contribution is 0.0988. The molecule has 112 valence electrons. The van der Waals surface area contributed by atoms with Gasteiger partial charge >= 0.3 is 0 Å². The van der Waals surface area contributed by atoms with Crippen molar-refractivity contribution in [3.8, 4) is 5.75 Å². The number of Topliss-reactive ketones (excluding diaryl/α,β-unsaturated/α-hetero) is 1. The number of hydrogen-bond donors (Lipinski definition) is 0. The monoisotopic (exact) mass is 306 g/mol. The third-order valence-corrected chi connectivity index (χ3v) is 3.81. The van der Waals surface area contributed by atoms with Gasteiger partial charge in [-0.15, -0.1) is 0 Å². The van der Waals surface area contributed by atoms with Crippen molar-refractivity contribution in [3.05, 3.63) is 46.2 Å². The third-order valence-electron chi connectivity index (χ3n) is 3.38. The molecule has 1 aromatic carbocycles. The zero-order chi connectivity index (χ0) is 15.4. The summed E-state index contributed by atoms with van der Waals surface area (Å²) in [5, 5.41) is 5.01. The van der Waals surface area contributed by atoms with E-state index in [2.05, 4.69) is 5.10 Å². The lowest BCUT2D eigenvalue weighted by Gasteiger charge is -2.07. The summed E-state index contributed by atoms with van der Waals surface area (Å²) < 4.78 is 7.47. The molecular weight excluding hydrogens is 288 g/mol. The van der Waals surface area contributed by atoms with Gasteiger partial charge < -0.3 is 4.74 Å². The van der Waals surface area contributed by atoms with Gasteiger partial charge in [-0.3, -0.25) is 9.48 Å². The Labute approximate surface area is 129 Å². The van der Waals surface area contributed by atoms with Gasteiger partial charge in [-0.1, -0.05) is 25.4 Å². The first-order valence-electron chi connectivity index (χ1n) is 7.03. The molecule has 0 fully saturated rings. The Morgan fingerprint density at radius 2 is 1.95 bits per heavy atom. The summed E-state index contributed by atoms with van der Waals surface area (Å²) in [4.78, 5) is 11.6. The molecule has 21 heavy (non-hydrogen) atoms. The van der Waals surface area contributed by atoms with Crippen LogP contribution in [0.15, 0.2) is 24.3 Å². The number of carbonyl (C=O) groups is 1. The van der Waals surface area contributed by atoms with E-state index >= 15 is 0 Å². The molecule has 0 radical (unpaired) electrons. The number of halogens is 1. The highest BCUT2D eigenvalue weighted by Gasteiger charge is 2.13. The Hall–Kier alpha value is -1.81. The van der Waals surface area contributed by atoms with Crippen molar-refractivity contribution in [2.75, 3.05) is 0 Å². The molecule has 0 spiro atoms. The molecule has 0 amide bonds. The van der Waals surface area contributed by atoms with E-state index in [-0.39, 0.29) is 5.78 Å². The van der Waals surface area contributed by atoms with E-state index in [1.165, 1.54) is 0 Å². The summed E-state index contributed by atoms with van der Waals surface area (Å²) in [7, 11) is 1.85. The predicted molar refractivity (Wildman–Crippen MR) is 83.0 cm³/mol. The molecule has 4 nitrogen and oxygen atoms in total. The molecule has 1 heterocycles. The molecule has 0 unspecified atom stereocenters. The van der Waals surface area contributed by atoms with Gasteiger partial charge in [0.15, 0.2) is 5.78 Å². The lowest BCUT2D eigenvalue weighted by Crippen LogP contribution is -2.04. The largest absolute Gasteiger partial charge is 0.487 e. The topological polar surface area (TPSA) is 44.1 Å².